The highest BCUT2D eigenvalue weighted by Gasteiger charge is 2.47. The van der Waals surface area contributed by atoms with Crippen molar-refractivity contribution in [3.63, 3.8) is 0 Å². The second kappa shape index (κ2) is 10.1. The average molecular weight is 445 g/mol. The molecule has 0 amide bonds. The molecular weight excluding hydrogens is 423 g/mol. The minimum Gasteiger partial charge on any atom is -1.00 e. The fraction of sp³-hybridized carbons (Fsp3) is 0.136. The second-order valence-electron chi connectivity index (χ2n) is 5.78. The van der Waals surface area contributed by atoms with Crippen molar-refractivity contribution in [3.05, 3.63) is 91.0 Å². The van der Waals surface area contributed by atoms with E-state index in [2.05, 4.69) is 72.8 Å². The van der Waals surface area contributed by atoms with Crippen LogP contribution >= 0.6 is 19.0 Å². The molecule has 3 aromatic carbocycles. The first-order chi connectivity index (χ1) is 12.3. The monoisotopic (exact) mass is 444 g/mol. The summed E-state index contributed by atoms with van der Waals surface area (Å²) in [6.45, 7) is 2.04. The quantitative estimate of drug-likeness (QED) is 0.532. The summed E-state index contributed by atoms with van der Waals surface area (Å²) < 4.78 is 0. The molecule has 0 aliphatic rings. The van der Waals surface area contributed by atoms with Gasteiger partial charge in [-0.3, -0.25) is 4.79 Å². The van der Waals surface area contributed by atoms with Gasteiger partial charge in [-0.05, 0) is 42.2 Å². The van der Waals surface area contributed by atoms with Gasteiger partial charge in [0, 0.05) is 0 Å². The van der Waals surface area contributed by atoms with Crippen molar-refractivity contribution in [1.82, 2.24) is 0 Å². The highest BCUT2D eigenvalue weighted by Crippen LogP contribution is 2.55. The summed E-state index contributed by atoms with van der Waals surface area (Å²) in [5.41, 5.74) is 0. The Hall–Kier alpha value is -1.41. The number of rotatable bonds is 6. The number of hydrogen-bond acceptors (Lipinski definition) is 2. The third kappa shape index (κ3) is 4.46. The molecule has 26 heavy (non-hydrogen) atoms. The predicted molar refractivity (Wildman–Crippen MR) is 113 cm³/mol. The third-order valence-corrected chi connectivity index (χ3v) is 9.53. The zero-order valence-corrected chi connectivity index (χ0v) is 18.0. The summed E-state index contributed by atoms with van der Waals surface area (Å²) in [6.07, 6.45) is 0.559. The fourth-order valence-electron chi connectivity index (χ4n) is 3.17. The topological polar surface area (TPSA) is 17.1 Å². The van der Waals surface area contributed by atoms with Gasteiger partial charge in [0.25, 0.3) is 0 Å². The molecule has 0 aliphatic heterocycles. The van der Waals surface area contributed by atoms with Gasteiger partial charge in [0.15, 0.2) is 0 Å². The first-order valence-electron chi connectivity index (χ1n) is 8.48. The summed E-state index contributed by atoms with van der Waals surface area (Å²) >= 11 is 1.43. The Morgan fingerprint density at radius 3 is 1.38 bits per heavy atom. The lowest BCUT2D eigenvalue weighted by molar-refractivity contribution is -0.108. The van der Waals surface area contributed by atoms with Crippen LogP contribution in [0, 0.1) is 0 Å². The number of carbonyl (C=O) groups is 1. The van der Waals surface area contributed by atoms with Gasteiger partial charge in [-0.15, -0.1) is 0 Å². The van der Waals surface area contributed by atoms with E-state index in [4.69, 9.17) is 0 Å². The van der Waals surface area contributed by atoms with Crippen molar-refractivity contribution in [2.45, 2.75) is 6.92 Å². The van der Waals surface area contributed by atoms with E-state index in [0.29, 0.717) is 6.16 Å². The maximum absolute atomic E-state index is 12.8. The maximum Gasteiger partial charge on any atom is 0.227 e. The Morgan fingerprint density at radius 1 is 0.731 bits per heavy atom. The van der Waals surface area contributed by atoms with Crippen molar-refractivity contribution in [1.29, 1.82) is 0 Å². The van der Waals surface area contributed by atoms with Crippen LogP contribution in [0.5, 0.6) is 0 Å². The number of benzene rings is 3. The van der Waals surface area contributed by atoms with Crippen molar-refractivity contribution in [2.24, 2.45) is 0 Å². The molecule has 0 saturated carbocycles. The van der Waals surface area contributed by atoms with Gasteiger partial charge in [0.2, 0.25) is 5.12 Å². The van der Waals surface area contributed by atoms with Crippen molar-refractivity contribution < 1.29 is 21.8 Å². The number of halogens is 1. The third-order valence-electron chi connectivity index (χ3n) is 4.26. The van der Waals surface area contributed by atoms with E-state index in [1.54, 1.807) is 0 Å². The molecule has 0 unspecified atom stereocenters. The van der Waals surface area contributed by atoms with Crippen LogP contribution < -0.4 is 32.9 Å². The first-order valence-corrected chi connectivity index (χ1v) is 11.4. The standard InChI is InChI=1S/C22H22OPS.BrH/c1-2-25-22(23)18-24(19-12-6-3-7-13-19,20-14-8-4-9-15-20)21-16-10-5-11-17-21;/h3-17H,2,18H2,1H3;1H/q+1;/p-1. The van der Waals surface area contributed by atoms with Gasteiger partial charge >= 0.3 is 0 Å². The van der Waals surface area contributed by atoms with Crippen LogP contribution in [0.1, 0.15) is 6.92 Å². The largest absolute Gasteiger partial charge is 1.00 e. The van der Waals surface area contributed by atoms with E-state index >= 15 is 0 Å². The molecule has 3 aromatic rings. The molecule has 0 N–H and O–H groups in total. The summed E-state index contributed by atoms with van der Waals surface area (Å²) in [6, 6.07) is 31.6. The lowest BCUT2D eigenvalue weighted by Crippen LogP contribution is -3.00. The maximum atomic E-state index is 12.8. The van der Waals surface area contributed by atoms with Crippen LogP contribution in [0.25, 0.3) is 0 Å². The first kappa shape index (κ1) is 20.9. The molecular formula is C22H22BrOPS. The van der Waals surface area contributed by atoms with E-state index < -0.39 is 7.26 Å². The predicted octanol–water partition coefficient (Wildman–Crippen LogP) is 1.26. The van der Waals surface area contributed by atoms with Crippen LogP contribution in [0.4, 0.5) is 0 Å². The Morgan fingerprint density at radius 2 is 1.08 bits per heavy atom. The van der Waals surface area contributed by atoms with Crippen LogP contribution in [0.15, 0.2) is 91.0 Å². The van der Waals surface area contributed by atoms with Gasteiger partial charge in [-0.1, -0.05) is 73.3 Å². The van der Waals surface area contributed by atoms with Gasteiger partial charge in [-0.2, -0.15) is 0 Å². The SMILES string of the molecule is CCSC(=O)C[P+](c1ccccc1)(c1ccccc1)c1ccccc1.[Br-]. The normalized spacial score (nSPS) is 10.8. The lowest BCUT2D eigenvalue weighted by atomic mass is 10.4. The molecule has 134 valence electrons. The molecule has 0 radical (unpaired) electrons. The minimum atomic E-state index is -2.01. The minimum absolute atomic E-state index is 0. The average Bonchev–Trinajstić information content (AvgIpc) is 2.68. The molecule has 0 aromatic heterocycles. The molecule has 0 heterocycles. The van der Waals surface area contributed by atoms with E-state index in [1.807, 2.05) is 25.1 Å². The summed E-state index contributed by atoms with van der Waals surface area (Å²) in [7, 11) is -2.01. The summed E-state index contributed by atoms with van der Waals surface area (Å²) in [5, 5.41) is 4.06. The Kier molecular flexibility index (Phi) is 8.09. The second-order valence-corrected chi connectivity index (χ2v) is 10.6. The molecule has 1 nitrogen and oxygen atoms in total. The molecule has 4 heteroatoms. The highest BCUT2D eigenvalue weighted by molar-refractivity contribution is 8.15. The zero-order valence-electron chi connectivity index (χ0n) is 14.7. The summed E-state index contributed by atoms with van der Waals surface area (Å²) in [4.78, 5) is 12.8. The number of hydrogen-bond donors (Lipinski definition) is 0. The van der Waals surface area contributed by atoms with Crippen LogP contribution in [-0.4, -0.2) is 17.0 Å². The molecule has 0 saturated heterocycles. The fourth-order valence-corrected chi connectivity index (χ4v) is 8.31. The van der Waals surface area contributed by atoms with Gasteiger partial charge in [-0.25, -0.2) is 0 Å². The Balaban J connectivity index is 0.00000243. The molecule has 3 rings (SSSR count). The van der Waals surface area contributed by atoms with Crippen LogP contribution in [0.2, 0.25) is 0 Å². The summed E-state index contributed by atoms with van der Waals surface area (Å²) in [5.74, 6) is 0.817. The van der Waals surface area contributed by atoms with Gasteiger partial charge in [0.1, 0.15) is 29.3 Å². The van der Waals surface area contributed by atoms with Gasteiger partial charge in [0.05, 0.1) is 0 Å². The molecule has 0 atom stereocenters. The van der Waals surface area contributed by atoms with Crippen molar-refractivity contribution >= 4 is 40.1 Å². The molecule has 0 aliphatic carbocycles. The highest BCUT2D eigenvalue weighted by atomic mass is 79.9. The van der Waals surface area contributed by atoms with E-state index in [1.165, 1.54) is 27.7 Å². The number of carbonyl (C=O) groups excluding carboxylic acids is 1. The Labute approximate surface area is 171 Å². The van der Waals surface area contributed by atoms with Gasteiger partial charge < -0.3 is 17.0 Å². The zero-order chi connectivity index (χ0) is 17.5. The van der Waals surface area contributed by atoms with Crippen LogP contribution in [0.3, 0.4) is 0 Å². The van der Waals surface area contributed by atoms with Crippen molar-refractivity contribution in [2.75, 3.05) is 11.9 Å². The molecule has 0 spiro atoms. The van der Waals surface area contributed by atoms with E-state index in [9.17, 15) is 4.79 Å². The van der Waals surface area contributed by atoms with Crippen molar-refractivity contribution in [3.8, 4) is 0 Å². The van der Waals surface area contributed by atoms with Crippen LogP contribution in [-0.2, 0) is 4.79 Å². The molecule has 0 fully saturated rings. The van der Waals surface area contributed by atoms with E-state index in [-0.39, 0.29) is 22.1 Å². The molecule has 0 bridgehead atoms. The smallest absolute Gasteiger partial charge is 0.227 e. The van der Waals surface area contributed by atoms with E-state index in [0.717, 1.165) is 5.75 Å². The lowest BCUT2D eigenvalue weighted by Gasteiger charge is -2.26. The Bertz CT molecular complexity index is 713. The number of thioether (sulfide) groups is 1.